The minimum atomic E-state index is -0.0685. The maximum Gasteiger partial charge on any atom is 0.225 e. The molecule has 0 radical (unpaired) electrons. The third kappa shape index (κ3) is 3.94. The predicted octanol–water partition coefficient (Wildman–Crippen LogP) is -0.437. The van der Waals surface area contributed by atoms with E-state index in [2.05, 4.69) is 6.92 Å². The molecule has 1 aliphatic rings. The highest BCUT2D eigenvalue weighted by atomic mass is 16.3. The van der Waals surface area contributed by atoms with Crippen molar-refractivity contribution in [3.8, 4) is 0 Å². The van der Waals surface area contributed by atoms with Gasteiger partial charge in [0, 0.05) is 25.0 Å². The maximum atomic E-state index is 12.2. The second kappa shape index (κ2) is 6.93. The van der Waals surface area contributed by atoms with Crippen LogP contribution in [0.1, 0.15) is 26.2 Å². The summed E-state index contributed by atoms with van der Waals surface area (Å²) in [7, 11) is 0. The second-order valence-corrected chi connectivity index (χ2v) is 4.92. The Morgan fingerprint density at radius 3 is 2.35 bits per heavy atom. The lowest BCUT2D eigenvalue weighted by atomic mass is 9.79. The predicted molar refractivity (Wildman–Crippen MR) is 65.2 cm³/mol. The number of nitrogens with zero attached hydrogens (tertiary/aromatic N) is 1. The molecule has 0 saturated heterocycles. The number of hydrogen-bond donors (Lipinski definition) is 3. The van der Waals surface area contributed by atoms with Gasteiger partial charge >= 0.3 is 0 Å². The van der Waals surface area contributed by atoms with Gasteiger partial charge in [0.05, 0.1) is 13.2 Å². The number of aliphatic hydroxyl groups is 2. The zero-order valence-corrected chi connectivity index (χ0v) is 10.5. The minimum absolute atomic E-state index is 0.0236. The molecule has 4 N–H and O–H groups in total. The molecule has 0 aromatic heterocycles. The topological polar surface area (TPSA) is 86.8 Å². The Labute approximate surface area is 103 Å². The molecule has 0 heterocycles. The first kappa shape index (κ1) is 14.4. The first-order chi connectivity index (χ1) is 8.10. The molecule has 3 atom stereocenters. The molecule has 1 aliphatic carbocycles. The minimum Gasteiger partial charge on any atom is -0.395 e. The van der Waals surface area contributed by atoms with Crippen LogP contribution in [0.5, 0.6) is 0 Å². The van der Waals surface area contributed by atoms with E-state index in [1.54, 1.807) is 0 Å². The van der Waals surface area contributed by atoms with Crippen molar-refractivity contribution in [1.29, 1.82) is 0 Å². The SMILES string of the molecule is CC1CCC(C(=O)N(CCO)CCO)CC1N. The third-order valence-electron chi connectivity index (χ3n) is 3.66. The van der Waals surface area contributed by atoms with Crippen LogP contribution in [0.15, 0.2) is 0 Å². The van der Waals surface area contributed by atoms with E-state index in [1.165, 1.54) is 4.90 Å². The molecule has 5 nitrogen and oxygen atoms in total. The van der Waals surface area contributed by atoms with Gasteiger partial charge in [0.1, 0.15) is 0 Å². The summed E-state index contributed by atoms with van der Waals surface area (Å²) in [4.78, 5) is 13.7. The third-order valence-corrected chi connectivity index (χ3v) is 3.66. The molecule has 0 bridgehead atoms. The summed E-state index contributed by atoms with van der Waals surface area (Å²) < 4.78 is 0. The highest BCUT2D eigenvalue weighted by Crippen LogP contribution is 2.28. The molecule has 1 fully saturated rings. The fourth-order valence-electron chi connectivity index (χ4n) is 2.41. The van der Waals surface area contributed by atoms with Gasteiger partial charge in [0.25, 0.3) is 0 Å². The number of aliphatic hydroxyl groups excluding tert-OH is 2. The normalized spacial score (nSPS) is 29.1. The van der Waals surface area contributed by atoms with Crippen molar-refractivity contribution in [2.45, 2.75) is 32.2 Å². The Hall–Kier alpha value is -0.650. The van der Waals surface area contributed by atoms with E-state index >= 15 is 0 Å². The summed E-state index contributed by atoms with van der Waals surface area (Å²) in [6.07, 6.45) is 2.55. The fraction of sp³-hybridized carbons (Fsp3) is 0.917. The van der Waals surface area contributed by atoms with Gasteiger partial charge in [-0.3, -0.25) is 4.79 Å². The molecule has 0 aliphatic heterocycles. The van der Waals surface area contributed by atoms with Crippen LogP contribution in [0.25, 0.3) is 0 Å². The number of nitrogens with two attached hydrogens (primary N) is 1. The summed E-state index contributed by atoms with van der Waals surface area (Å²) in [6.45, 7) is 2.56. The average Bonchev–Trinajstić information content (AvgIpc) is 2.31. The van der Waals surface area contributed by atoms with Gasteiger partial charge in [-0.1, -0.05) is 6.92 Å². The first-order valence-electron chi connectivity index (χ1n) is 6.36. The molecule has 0 spiro atoms. The number of hydrogen-bond acceptors (Lipinski definition) is 4. The standard InChI is InChI=1S/C12H24N2O3/c1-9-2-3-10(8-11(9)13)12(17)14(4-6-15)5-7-16/h9-11,15-16H,2-8,13H2,1H3. The first-order valence-corrected chi connectivity index (χ1v) is 6.36. The molecule has 1 saturated carbocycles. The fourth-order valence-corrected chi connectivity index (χ4v) is 2.41. The van der Waals surface area contributed by atoms with Gasteiger partial charge in [-0.25, -0.2) is 0 Å². The van der Waals surface area contributed by atoms with Crippen molar-refractivity contribution >= 4 is 5.91 Å². The number of rotatable bonds is 5. The highest BCUT2D eigenvalue weighted by molar-refractivity contribution is 5.79. The Balaban J connectivity index is 2.55. The largest absolute Gasteiger partial charge is 0.395 e. The maximum absolute atomic E-state index is 12.2. The zero-order valence-electron chi connectivity index (χ0n) is 10.5. The quantitative estimate of drug-likeness (QED) is 0.612. The van der Waals surface area contributed by atoms with E-state index in [9.17, 15) is 4.79 Å². The van der Waals surface area contributed by atoms with Crippen LogP contribution in [0.3, 0.4) is 0 Å². The molecular formula is C12H24N2O3. The second-order valence-electron chi connectivity index (χ2n) is 4.92. The molecule has 17 heavy (non-hydrogen) atoms. The van der Waals surface area contributed by atoms with Crippen molar-refractivity contribution in [3.63, 3.8) is 0 Å². The highest BCUT2D eigenvalue weighted by Gasteiger charge is 2.31. The van der Waals surface area contributed by atoms with E-state index in [0.29, 0.717) is 25.4 Å². The van der Waals surface area contributed by atoms with Crippen LogP contribution < -0.4 is 5.73 Å². The monoisotopic (exact) mass is 244 g/mol. The smallest absolute Gasteiger partial charge is 0.225 e. The van der Waals surface area contributed by atoms with E-state index in [-0.39, 0.29) is 31.1 Å². The summed E-state index contributed by atoms with van der Waals surface area (Å²) in [5.74, 6) is 0.456. The molecule has 100 valence electrons. The van der Waals surface area contributed by atoms with Crippen molar-refractivity contribution in [2.75, 3.05) is 26.3 Å². The van der Waals surface area contributed by atoms with Gasteiger partial charge in [-0.15, -0.1) is 0 Å². The molecule has 5 heteroatoms. The molecule has 0 aromatic rings. The Bertz CT molecular complexity index is 242. The lowest BCUT2D eigenvalue weighted by molar-refractivity contribution is -0.138. The molecule has 1 rings (SSSR count). The number of carbonyl (C=O) groups is 1. The lowest BCUT2D eigenvalue weighted by Crippen LogP contribution is -2.45. The van der Waals surface area contributed by atoms with Crippen LogP contribution in [-0.4, -0.2) is 53.4 Å². The molecule has 3 unspecified atom stereocenters. The van der Waals surface area contributed by atoms with E-state index < -0.39 is 0 Å². The van der Waals surface area contributed by atoms with Crippen LogP contribution >= 0.6 is 0 Å². The van der Waals surface area contributed by atoms with Gasteiger partial charge in [0.15, 0.2) is 0 Å². The van der Waals surface area contributed by atoms with Gasteiger partial charge < -0.3 is 20.8 Å². The summed E-state index contributed by atoms with van der Waals surface area (Å²) in [6, 6.07) is 0.0859. The number of amides is 1. The van der Waals surface area contributed by atoms with Crippen molar-refractivity contribution in [1.82, 2.24) is 4.90 Å². The molecule has 0 aromatic carbocycles. The van der Waals surface area contributed by atoms with Gasteiger partial charge in [-0.05, 0) is 25.2 Å². The Morgan fingerprint density at radius 2 is 1.88 bits per heavy atom. The molecule has 1 amide bonds. The van der Waals surface area contributed by atoms with Crippen molar-refractivity contribution in [3.05, 3.63) is 0 Å². The summed E-state index contributed by atoms with van der Waals surface area (Å²) in [5.41, 5.74) is 5.98. The Morgan fingerprint density at radius 1 is 1.29 bits per heavy atom. The van der Waals surface area contributed by atoms with Crippen molar-refractivity contribution < 1.29 is 15.0 Å². The zero-order chi connectivity index (χ0) is 12.8. The van der Waals surface area contributed by atoms with E-state index in [4.69, 9.17) is 15.9 Å². The lowest BCUT2D eigenvalue weighted by Gasteiger charge is -2.34. The summed E-state index contributed by atoms with van der Waals surface area (Å²) >= 11 is 0. The number of carbonyl (C=O) groups excluding carboxylic acids is 1. The van der Waals surface area contributed by atoms with Crippen molar-refractivity contribution in [2.24, 2.45) is 17.6 Å². The van der Waals surface area contributed by atoms with E-state index in [0.717, 1.165) is 12.8 Å². The average molecular weight is 244 g/mol. The Kier molecular flexibility index (Phi) is 5.88. The molecular weight excluding hydrogens is 220 g/mol. The van der Waals surface area contributed by atoms with Gasteiger partial charge in [-0.2, -0.15) is 0 Å². The van der Waals surface area contributed by atoms with E-state index in [1.807, 2.05) is 0 Å². The van der Waals surface area contributed by atoms with Crippen LogP contribution in [0, 0.1) is 11.8 Å². The van der Waals surface area contributed by atoms with Crippen LogP contribution in [0.4, 0.5) is 0 Å². The van der Waals surface area contributed by atoms with Crippen LogP contribution in [0.2, 0.25) is 0 Å². The van der Waals surface area contributed by atoms with Gasteiger partial charge in [0.2, 0.25) is 5.91 Å². The summed E-state index contributed by atoms with van der Waals surface area (Å²) in [5, 5.41) is 17.8. The van der Waals surface area contributed by atoms with Crippen LogP contribution in [-0.2, 0) is 4.79 Å².